The lowest BCUT2D eigenvalue weighted by Crippen LogP contribution is -2.45. The van der Waals surface area contributed by atoms with E-state index in [1.54, 1.807) is 0 Å². The average molecular weight is 390 g/mol. The Labute approximate surface area is 161 Å². The van der Waals surface area contributed by atoms with Gasteiger partial charge in [0, 0.05) is 36.3 Å². The van der Waals surface area contributed by atoms with Crippen LogP contribution in [0.3, 0.4) is 0 Å². The predicted octanol–water partition coefficient (Wildman–Crippen LogP) is 1.46. The largest absolute Gasteiger partial charge is 0.481 e. The molecule has 0 aromatic heterocycles. The third kappa shape index (κ3) is 2.47. The molecule has 8 heteroatoms. The number of hydrogen-bond acceptors (Lipinski definition) is 6. The first-order valence-corrected chi connectivity index (χ1v) is 9.91. The zero-order chi connectivity index (χ0) is 19.7. The first-order valence-electron chi connectivity index (χ1n) is 9.91. The molecule has 1 saturated heterocycles. The Morgan fingerprint density at radius 2 is 1.86 bits per heavy atom. The molecule has 4 unspecified atom stereocenters. The number of carbonyl (C=O) groups excluding carboxylic acids is 1. The van der Waals surface area contributed by atoms with Crippen molar-refractivity contribution in [2.75, 3.05) is 22.9 Å². The number of Topliss-reactive ketones (excluding diaryl/α,β-unsaturated/α-hetero) is 1. The SMILES string of the molecule is O=C(O)C1CN(C2CC2)c2c(cc(F)c3c2C(O)C(O)CC2CCCN32)C1=O. The summed E-state index contributed by atoms with van der Waals surface area (Å²) in [5, 5.41) is 31.0. The van der Waals surface area contributed by atoms with Gasteiger partial charge in [0.15, 0.2) is 5.78 Å². The van der Waals surface area contributed by atoms with Crippen LogP contribution in [-0.2, 0) is 4.79 Å². The number of halogens is 1. The Morgan fingerprint density at radius 3 is 2.54 bits per heavy atom. The van der Waals surface area contributed by atoms with Crippen molar-refractivity contribution in [2.45, 2.75) is 56.4 Å². The summed E-state index contributed by atoms with van der Waals surface area (Å²) in [5.74, 6) is -3.75. The lowest BCUT2D eigenvalue weighted by atomic mass is 9.85. The molecule has 0 amide bonds. The molecule has 4 atom stereocenters. The summed E-state index contributed by atoms with van der Waals surface area (Å²) in [5.41, 5.74) is 0.930. The number of rotatable bonds is 2. The third-order valence-electron chi connectivity index (χ3n) is 6.63. The van der Waals surface area contributed by atoms with Gasteiger partial charge in [0.05, 0.1) is 17.5 Å². The molecule has 0 radical (unpaired) electrons. The van der Waals surface area contributed by atoms with E-state index in [4.69, 9.17) is 0 Å². The van der Waals surface area contributed by atoms with Gasteiger partial charge < -0.3 is 25.1 Å². The van der Waals surface area contributed by atoms with E-state index in [1.165, 1.54) is 0 Å². The minimum absolute atomic E-state index is 0.00527. The van der Waals surface area contributed by atoms with Crippen molar-refractivity contribution >= 4 is 23.1 Å². The molecule has 3 heterocycles. The fourth-order valence-corrected chi connectivity index (χ4v) is 5.16. The molecule has 5 rings (SSSR count). The Hall–Kier alpha value is -2.19. The summed E-state index contributed by atoms with van der Waals surface area (Å²) < 4.78 is 15.3. The minimum atomic E-state index is -1.32. The van der Waals surface area contributed by atoms with Crippen molar-refractivity contribution in [1.29, 1.82) is 0 Å². The molecule has 1 aromatic carbocycles. The highest BCUT2D eigenvalue weighted by Crippen LogP contribution is 2.50. The number of hydrogen-bond donors (Lipinski definition) is 3. The molecule has 3 aliphatic heterocycles. The first kappa shape index (κ1) is 17.9. The smallest absolute Gasteiger partial charge is 0.316 e. The van der Waals surface area contributed by atoms with Crippen LogP contribution in [0.25, 0.3) is 0 Å². The Morgan fingerprint density at radius 1 is 1.11 bits per heavy atom. The fourth-order valence-electron chi connectivity index (χ4n) is 5.16. The number of carboxylic acids is 1. The van der Waals surface area contributed by atoms with Crippen LogP contribution in [0.15, 0.2) is 6.07 Å². The number of benzene rings is 1. The van der Waals surface area contributed by atoms with Crippen molar-refractivity contribution in [2.24, 2.45) is 5.92 Å². The number of aliphatic hydroxyl groups is 2. The summed E-state index contributed by atoms with van der Waals surface area (Å²) in [6.07, 6.45) is 1.35. The standard InChI is InChI=1S/C20H23FN2O5/c21-13-7-11-16(23(9-3-4-9)8-12(18(11)25)20(27)28)15-17(13)22-5-1-2-10(22)6-14(24)19(15)26/h7,9-10,12,14,19,24,26H,1-6,8H2,(H,27,28). The summed E-state index contributed by atoms with van der Waals surface area (Å²) in [4.78, 5) is 28.2. The molecular weight excluding hydrogens is 367 g/mol. The van der Waals surface area contributed by atoms with Crippen molar-refractivity contribution in [1.82, 2.24) is 0 Å². The lowest BCUT2D eigenvalue weighted by Gasteiger charge is -2.38. The van der Waals surface area contributed by atoms with E-state index >= 15 is 4.39 Å². The number of aliphatic hydroxyl groups excluding tert-OH is 2. The summed E-state index contributed by atoms with van der Waals surface area (Å²) >= 11 is 0. The van der Waals surface area contributed by atoms with Crippen LogP contribution in [0.5, 0.6) is 0 Å². The number of carbonyl (C=O) groups is 2. The van der Waals surface area contributed by atoms with E-state index in [-0.39, 0.29) is 35.4 Å². The quantitative estimate of drug-likeness (QED) is 0.657. The van der Waals surface area contributed by atoms with Crippen LogP contribution in [0.4, 0.5) is 15.8 Å². The van der Waals surface area contributed by atoms with Gasteiger partial charge in [-0.25, -0.2) is 4.39 Å². The molecule has 2 fully saturated rings. The molecule has 1 saturated carbocycles. The Balaban J connectivity index is 1.77. The second kappa shape index (κ2) is 6.15. The van der Waals surface area contributed by atoms with Crippen LogP contribution in [0, 0.1) is 11.7 Å². The number of anilines is 2. The normalized spacial score (nSPS) is 31.9. The molecule has 0 spiro atoms. The van der Waals surface area contributed by atoms with E-state index in [9.17, 15) is 24.9 Å². The van der Waals surface area contributed by atoms with Crippen LogP contribution >= 0.6 is 0 Å². The average Bonchev–Trinajstić information content (AvgIpc) is 3.41. The third-order valence-corrected chi connectivity index (χ3v) is 6.63. The highest BCUT2D eigenvalue weighted by molar-refractivity contribution is 6.14. The minimum Gasteiger partial charge on any atom is -0.481 e. The predicted molar refractivity (Wildman–Crippen MR) is 98.2 cm³/mol. The van der Waals surface area contributed by atoms with Crippen LogP contribution < -0.4 is 9.80 Å². The zero-order valence-corrected chi connectivity index (χ0v) is 15.3. The number of fused-ring (bicyclic) bond motifs is 5. The van der Waals surface area contributed by atoms with Gasteiger partial charge in [-0.2, -0.15) is 0 Å². The van der Waals surface area contributed by atoms with Crippen molar-refractivity contribution in [3.63, 3.8) is 0 Å². The zero-order valence-electron chi connectivity index (χ0n) is 15.3. The highest BCUT2D eigenvalue weighted by Gasteiger charge is 2.47. The van der Waals surface area contributed by atoms with E-state index in [0.717, 1.165) is 31.7 Å². The summed E-state index contributed by atoms with van der Waals surface area (Å²) in [7, 11) is 0. The van der Waals surface area contributed by atoms with Gasteiger partial charge in [0.25, 0.3) is 0 Å². The van der Waals surface area contributed by atoms with Gasteiger partial charge in [-0.1, -0.05) is 0 Å². The molecule has 4 aliphatic rings. The molecule has 3 N–H and O–H groups in total. The number of ketones is 1. The van der Waals surface area contributed by atoms with Crippen molar-refractivity contribution < 1.29 is 29.3 Å². The molecule has 7 nitrogen and oxygen atoms in total. The van der Waals surface area contributed by atoms with E-state index in [0.29, 0.717) is 18.7 Å². The van der Waals surface area contributed by atoms with E-state index in [2.05, 4.69) is 0 Å². The van der Waals surface area contributed by atoms with Gasteiger partial charge in [0.2, 0.25) is 0 Å². The second-order valence-corrected chi connectivity index (χ2v) is 8.39. The van der Waals surface area contributed by atoms with Gasteiger partial charge in [-0.3, -0.25) is 9.59 Å². The second-order valence-electron chi connectivity index (χ2n) is 8.39. The van der Waals surface area contributed by atoms with Crippen LogP contribution in [0.1, 0.15) is 54.1 Å². The number of nitrogens with zero attached hydrogens (tertiary/aromatic N) is 2. The molecular formula is C20H23FN2O5. The van der Waals surface area contributed by atoms with Gasteiger partial charge >= 0.3 is 5.97 Å². The van der Waals surface area contributed by atoms with Crippen molar-refractivity contribution in [3.05, 3.63) is 23.0 Å². The van der Waals surface area contributed by atoms with Crippen molar-refractivity contribution in [3.8, 4) is 0 Å². The Kier molecular flexibility index (Phi) is 3.93. The first-order chi connectivity index (χ1) is 13.4. The Bertz CT molecular complexity index is 871. The summed E-state index contributed by atoms with van der Waals surface area (Å²) in [6.45, 7) is 0.637. The topological polar surface area (TPSA) is 101 Å². The molecule has 0 bridgehead atoms. The molecule has 1 aromatic rings. The van der Waals surface area contributed by atoms with Gasteiger partial charge in [0.1, 0.15) is 17.8 Å². The van der Waals surface area contributed by atoms with Gasteiger partial charge in [-0.05, 0) is 38.2 Å². The number of aliphatic carboxylic acids is 1. The molecule has 1 aliphatic carbocycles. The maximum atomic E-state index is 15.3. The number of carboxylic acid groups (broad SMARTS) is 1. The lowest BCUT2D eigenvalue weighted by molar-refractivity contribution is -0.139. The highest BCUT2D eigenvalue weighted by atomic mass is 19.1. The monoisotopic (exact) mass is 390 g/mol. The van der Waals surface area contributed by atoms with E-state index in [1.807, 2.05) is 9.80 Å². The van der Waals surface area contributed by atoms with E-state index < -0.39 is 35.7 Å². The fraction of sp³-hybridized carbons (Fsp3) is 0.600. The maximum absolute atomic E-state index is 15.3. The molecule has 150 valence electrons. The summed E-state index contributed by atoms with van der Waals surface area (Å²) in [6, 6.07) is 1.16. The van der Waals surface area contributed by atoms with Crippen LogP contribution in [0.2, 0.25) is 0 Å². The van der Waals surface area contributed by atoms with Gasteiger partial charge in [-0.15, -0.1) is 0 Å². The molecule has 28 heavy (non-hydrogen) atoms. The maximum Gasteiger partial charge on any atom is 0.316 e. The van der Waals surface area contributed by atoms with Crippen LogP contribution in [-0.4, -0.2) is 58.3 Å².